The van der Waals surface area contributed by atoms with Crippen LogP contribution < -0.4 is 10.6 Å². The maximum absolute atomic E-state index is 12.0. The molecule has 1 saturated carbocycles. The molecule has 1 aliphatic rings. The zero-order chi connectivity index (χ0) is 19.8. The van der Waals surface area contributed by atoms with Crippen LogP contribution >= 0.6 is 11.3 Å². The molecule has 6 nitrogen and oxygen atoms in total. The van der Waals surface area contributed by atoms with E-state index in [1.165, 1.54) is 11.3 Å². The van der Waals surface area contributed by atoms with Crippen LogP contribution in [0.4, 0.5) is 0 Å². The summed E-state index contributed by atoms with van der Waals surface area (Å²) >= 11 is 1.40. The van der Waals surface area contributed by atoms with E-state index in [4.69, 9.17) is 0 Å². The van der Waals surface area contributed by atoms with Crippen molar-refractivity contribution < 1.29 is 14.4 Å². The third-order valence-corrected chi connectivity index (χ3v) is 5.75. The van der Waals surface area contributed by atoms with Crippen LogP contribution in [-0.4, -0.2) is 34.7 Å². The quantitative estimate of drug-likeness (QED) is 0.601. The van der Waals surface area contributed by atoms with E-state index in [2.05, 4.69) is 15.6 Å². The second-order valence-electron chi connectivity index (χ2n) is 7.12. The Hall–Kier alpha value is -2.54. The van der Waals surface area contributed by atoms with Crippen LogP contribution in [0.15, 0.2) is 42.0 Å². The van der Waals surface area contributed by atoms with Crippen molar-refractivity contribution in [1.29, 1.82) is 0 Å². The molecule has 0 atom stereocenters. The molecule has 2 heterocycles. The fourth-order valence-electron chi connectivity index (χ4n) is 3.24. The molecule has 0 saturated heterocycles. The fourth-order valence-corrected chi connectivity index (χ4v) is 3.93. The van der Waals surface area contributed by atoms with Gasteiger partial charge < -0.3 is 10.6 Å². The SMILES string of the molecule is O=C(CCCc1cccnc1)NC1CC(NC(=O)CCC(=O)c2cccs2)C1. The van der Waals surface area contributed by atoms with E-state index in [1.807, 2.05) is 29.8 Å². The summed E-state index contributed by atoms with van der Waals surface area (Å²) in [6, 6.07) is 7.74. The number of pyridine rings is 1. The molecule has 0 aliphatic heterocycles. The Morgan fingerprint density at radius 2 is 1.75 bits per heavy atom. The highest BCUT2D eigenvalue weighted by atomic mass is 32.1. The molecule has 0 unspecified atom stereocenters. The molecule has 3 rings (SSSR count). The van der Waals surface area contributed by atoms with E-state index < -0.39 is 0 Å². The van der Waals surface area contributed by atoms with Gasteiger partial charge in [0.2, 0.25) is 11.8 Å². The topological polar surface area (TPSA) is 88.2 Å². The highest BCUT2D eigenvalue weighted by molar-refractivity contribution is 7.12. The molecule has 1 fully saturated rings. The highest BCUT2D eigenvalue weighted by Crippen LogP contribution is 2.20. The maximum Gasteiger partial charge on any atom is 0.220 e. The number of thiophene rings is 1. The van der Waals surface area contributed by atoms with Crippen LogP contribution in [0.1, 0.15) is 53.8 Å². The number of nitrogens with zero attached hydrogens (tertiary/aromatic N) is 1. The van der Waals surface area contributed by atoms with Crippen molar-refractivity contribution >= 4 is 28.9 Å². The van der Waals surface area contributed by atoms with Gasteiger partial charge in [0.1, 0.15) is 0 Å². The Morgan fingerprint density at radius 1 is 1.00 bits per heavy atom. The normalized spacial score (nSPS) is 18.1. The van der Waals surface area contributed by atoms with Gasteiger partial charge in [-0.15, -0.1) is 11.3 Å². The number of rotatable bonds is 10. The van der Waals surface area contributed by atoms with Gasteiger partial charge in [0.25, 0.3) is 0 Å². The first-order valence-electron chi connectivity index (χ1n) is 9.64. The first-order chi connectivity index (χ1) is 13.6. The molecule has 2 amide bonds. The van der Waals surface area contributed by atoms with E-state index in [0.29, 0.717) is 11.3 Å². The molecule has 2 aromatic rings. The Morgan fingerprint density at radius 3 is 2.39 bits per heavy atom. The summed E-state index contributed by atoms with van der Waals surface area (Å²) < 4.78 is 0. The Bertz CT molecular complexity index is 786. The van der Waals surface area contributed by atoms with Crippen molar-refractivity contribution in [3.05, 3.63) is 52.5 Å². The van der Waals surface area contributed by atoms with E-state index in [-0.39, 0.29) is 42.5 Å². The van der Waals surface area contributed by atoms with E-state index in [1.54, 1.807) is 12.3 Å². The van der Waals surface area contributed by atoms with Crippen molar-refractivity contribution in [2.24, 2.45) is 0 Å². The number of hydrogen-bond donors (Lipinski definition) is 2. The van der Waals surface area contributed by atoms with Crippen LogP contribution in [0.2, 0.25) is 0 Å². The molecule has 7 heteroatoms. The average molecular weight is 400 g/mol. The number of carbonyl (C=O) groups is 3. The zero-order valence-electron chi connectivity index (χ0n) is 15.7. The second kappa shape index (κ2) is 10.1. The van der Waals surface area contributed by atoms with Gasteiger partial charge in [0, 0.05) is 43.7 Å². The van der Waals surface area contributed by atoms with Gasteiger partial charge >= 0.3 is 0 Å². The number of aromatic nitrogens is 1. The van der Waals surface area contributed by atoms with Gasteiger partial charge in [-0.2, -0.15) is 0 Å². The minimum Gasteiger partial charge on any atom is -0.353 e. The van der Waals surface area contributed by atoms with E-state index in [0.717, 1.165) is 31.2 Å². The van der Waals surface area contributed by atoms with Gasteiger partial charge in [-0.3, -0.25) is 19.4 Å². The average Bonchev–Trinajstić information content (AvgIpc) is 3.20. The van der Waals surface area contributed by atoms with Gasteiger partial charge in [0.15, 0.2) is 5.78 Å². The predicted molar refractivity (Wildman–Crippen MR) is 108 cm³/mol. The fraction of sp³-hybridized carbons (Fsp3) is 0.429. The lowest BCUT2D eigenvalue weighted by Crippen LogP contribution is -2.53. The lowest BCUT2D eigenvalue weighted by molar-refractivity contribution is -0.123. The van der Waals surface area contributed by atoms with Crippen molar-refractivity contribution in [3.63, 3.8) is 0 Å². The number of ketones is 1. The van der Waals surface area contributed by atoms with Gasteiger partial charge in [-0.1, -0.05) is 12.1 Å². The third-order valence-electron chi connectivity index (χ3n) is 4.84. The summed E-state index contributed by atoms with van der Waals surface area (Å²) in [5.41, 5.74) is 1.14. The van der Waals surface area contributed by atoms with Crippen LogP contribution in [0.5, 0.6) is 0 Å². The number of hydrogen-bond acceptors (Lipinski definition) is 5. The highest BCUT2D eigenvalue weighted by Gasteiger charge is 2.31. The maximum atomic E-state index is 12.0. The molecule has 1 aliphatic carbocycles. The summed E-state index contributed by atoms with van der Waals surface area (Å²) in [5, 5.41) is 7.81. The van der Waals surface area contributed by atoms with E-state index >= 15 is 0 Å². The molecule has 148 valence electrons. The first kappa shape index (κ1) is 20.2. The van der Waals surface area contributed by atoms with Crippen LogP contribution in [0.3, 0.4) is 0 Å². The number of carbonyl (C=O) groups excluding carboxylic acids is 3. The standard InChI is InChI=1S/C21H25N3O3S/c25-18(19-6-3-11-28-19)8-9-21(27)24-17-12-16(13-17)23-20(26)7-1-4-15-5-2-10-22-14-15/h2-3,5-6,10-11,14,16-17H,1,4,7-9,12-13H2,(H,23,26)(H,24,27). The predicted octanol–water partition coefficient (Wildman–Crippen LogP) is 2.89. The van der Waals surface area contributed by atoms with Crippen molar-refractivity contribution in [2.45, 2.75) is 57.0 Å². The Labute approximate surface area is 168 Å². The van der Waals surface area contributed by atoms with Gasteiger partial charge in [-0.05, 0) is 48.8 Å². The molecular weight excluding hydrogens is 374 g/mol. The van der Waals surface area contributed by atoms with Gasteiger partial charge in [0.05, 0.1) is 4.88 Å². The zero-order valence-corrected chi connectivity index (χ0v) is 16.5. The Kier molecular flexibility index (Phi) is 7.31. The number of nitrogens with one attached hydrogen (secondary N) is 2. The van der Waals surface area contributed by atoms with Gasteiger partial charge in [-0.25, -0.2) is 0 Å². The molecular formula is C21H25N3O3S. The number of amides is 2. The number of Topliss-reactive ketones (excluding diaryl/α,β-unsaturated/α-hetero) is 1. The van der Waals surface area contributed by atoms with Crippen LogP contribution in [-0.2, 0) is 16.0 Å². The van der Waals surface area contributed by atoms with Crippen LogP contribution in [0.25, 0.3) is 0 Å². The smallest absolute Gasteiger partial charge is 0.220 e. The molecule has 0 radical (unpaired) electrons. The largest absolute Gasteiger partial charge is 0.353 e. The molecule has 0 aromatic carbocycles. The van der Waals surface area contributed by atoms with E-state index in [9.17, 15) is 14.4 Å². The summed E-state index contributed by atoms with van der Waals surface area (Å²) in [4.78, 5) is 40.7. The molecule has 2 N–H and O–H groups in total. The summed E-state index contributed by atoms with van der Waals surface area (Å²) in [7, 11) is 0. The van der Waals surface area contributed by atoms with Crippen molar-refractivity contribution in [1.82, 2.24) is 15.6 Å². The first-order valence-corrected chi connectivity index (χ1v) is 10.5. The Balaban J connectivity index is 1.24. The van der Waals surface area contributed by atoms with Crippen molar-refractivity contribution in [2.75, 3.05) is 0 Å². The molecule has 0 spiro atoms. The molecule has 2 aromatic heterocycles. The van der Waals surface area contributed by atoms with Crippen molar-refractivity contribution in [3.8, 4) is 0 Å². The monoisotopic (exact) mass is 399 g/mol. The summed E-state index contributed by atoms with van der Waals surface area (Å²) in [5.74, 6) is -0.0356. The lowest BCUT2D eigenvalue weighted by Gasteiger charge is -2.36. The summed E-state index contributed by atoms with van der Waals surface area (Å²) in [6.45, 7) is 0. The minimum absolute atomic E-state index is 0.00943. The summed E-state index contributed by atoms with van der Waals surface area (Å²) in [6.07, 6.45) is 7.63. The second-order valence-corrected chi connectivity index (χ2v) is 8.06. The third kappa shape index (κ3) is 6.27. The molecule has 28 heavy (non-hydrogen) atoms. The lowest BCUT2D eigenvalue weighted by atomic mass is 9.86. The number of aryl methyl sites for hydroxylation is 1. The minimum atomic E-state index is -0.101. The van der Waals surface area contributed by atoms with Crippen LogP contribution in [0, 0.1) is 0 Å². The molecule has 0 bridgehead atoms.